The summed E-state index contributed by atoms with van der Waals surface area (Å²) >= 11 is 5.48. The number of aromatic hydroxyl groups is 1. The van der Waals surface area contributed by atoms with Gasteiger partial charge in [-0.15, -0.1) is 11.6 Å². The van der Waals surface area contributed by atoms with Gasteiger partial charge in [0.05, 0.1) is 0 Å². The number of hydrogen-bond donors (Lipinski definition) is 1. The largest absolute Gasteiger partial charge is 0.508 e. The maximum absolute atomic E-state index is 11.4. The summed E-state index contributed by atoms with van der Waals surface area (Å²) in [5.74, 6) is 0.514. The van der Waals surface area contributed by atoms with E-state index in [0.29, 0.717) is 18.8 Å². The number of amides is 1. The van der Waals surface area contributed by atoms with Crippen LogP contribution in [0.3, 0.4) is 0 Å². The average molecular weight is 228 g/mol. The van der Waals surface area contributed by atoms with Crippen molar-refractivity contribution in [1.29, 1.82) is 0 Å². The molecule has 4 heteroatoms. The standard InChI is InChI=1S/C11H14ClNO2/c1-13(11(15)6-7-12)8-9-4-2-3-5-10(9)14/h2-5,14H,6-8H2,1H3. The van der Waals surface area contributed by atoms with Crippen LogP contribution in [0.2, 0.25) is 0 Å². The van der Waals surface area contributed by atoms with E-state index in [1.807, 2.05) is 6.07 Å². The van der Waals surface area contributed by atoms with Crippen LogP contribution in [0.5, 0.6) is 5.75 Å². The number of rotatable bonds is 4. The lowest BCUT2D eigenvalue weighted by atomic mass is 10.2. The van der Waals surface area contributed by atoms with Crippen LogP contribution in [0.1, 0.15) is 12.0 Å². The zero-order valence-corrected chi connectivity index (χ0v) is 9.37. The van der Waals surface area contributed by atoms with E-state index >= 15 is 0 Å². The fraction of sp³-hybridized carbons (Fsp3) is 0.364. The average Bonchev–Trinajstić information content (AvgIpc) is 2.21. The summed E-state index contributed by atoms with van der Waals surface area (Å²) in [5.41, 5.74) is 0.739. The van der Waals surface area contributed by atoms with Gasteiger partial charge in [0.15, 0.2) is 0 Å². The molecule has 0 spiro atoms. The Labute approximate surface area is 94.3 Å². The zero-order valence-electron chi connectivity index (χ0n) is 8.61. The fourth-order valence-corrected chi connectivity index (χ4v) is 1.42. The second-order valence-corrected chi connectivity index (χ2v) is 3.70. The Bertz CT molecular complexity index is 341. The lowest BCUT2D eigenvalue weighted by molar-refractivity contribution is -0.129. The van der Waals surface area contributed by atoms with E-state index < -0.39 is 0 Å². The Morgan fingerprint density at radius 2 is 2.13 bits per heavy atom. The van der Waals surface area contributed by atoms with Gasteiger partial charge in [-0.25, -0.2) is 0 Å². The number of halogens is 1. The number of carbonyl (C=O) groups is 1. The molecule has 0 aliphatic carbocycles. The molecule has 15 heavy (non-hydrogen) atoms. The molecule has 0 aromatic heterocycles. The molecule has 1 N–H and O–H groups in total. The molecule has 1 aromatic carbocycles. The summed E-state index contributed by atoms with van der Waals surface area (Å²) < 4.78 is 0. The summed E-state index contributed by atoms with van der Waals surface area (Å²) in [4.78, 5) is 13.0. The quantitative estimate of drug-likeness (QED) is 0.800. The molecule has 0 unspecified atom stereocenters. The molecule has 0 radical (unpaired) electrons. The van der Waals surface area contributed by atoms with Gasteiger partial charge in [0.1, 0.15) is 5.75 Å². The van der Waals surface area contributed by atoms with Crippen LogP contribution in [-0.2, 0) is 11.3 Å². The van der Waals surface area contributed by atoms with Crippen molar-refractivity contribution in [3.8, 4) is 5.75 Å². The first-order valence-corrected chi connectivity index (χ1v) is 5.25. The highest BCUT2D eigenvalue weighted by Gasteiger charge is 2.09. The molecule has 82 valence electrons. The molecule has 1 aromatic rings. The van der Waals surface area contributed by atoms with Crippen LogP contribution >= 0.6 is 11.6 Å². The number of alkyl halides is 1. The lowest BCUT2D eigenvalue weighted by Gasteiger charge is -2.17. The van der Waals surface area contributed by atoms with Crippen molar-refractivity contribution in [3.05, 3.63) is 29.8 Å². The highest BCUT2D eigenvalue weighted by molar-refractivity contribution is 6.18. The van der Waals surface area contributed by atoms with E-state index in [1.165, 1.54) is 0 Å². The Balaban J connectivity index is 2.62. The van der Waals surface area contributed by atoms with E-state index in [1.54, 1.807) is 30.1 Å². The highest BCUT2D eigenvalue weighted by atomic mass is 35.5. The van der Waals surface area contributed by atoms with Crippen molar-refractivity contribution in [2.75, 3.05) is 12.9 Å². The minimum atomic E-state index is -0.0201. The molecule has 0 bridgehead atoms. The molecule has 0 heterocycles. The molecule has 1 amide bonds. The van der Waals surface area contributed by atoms with E-state index in [9.17, 15) is 9.90 Å². The van der Waals surface area contributed by atoms with Crippen molar-refractivity contribution < 1.29 is 9.90 Å². The molecule has 0 atom stereocenters. The van der Waals surface area contributed by atoms with Gasteiger partial charge in [-0.05, 0) is 6.07 Å². The monoisotopic (exact) mass is 227 g/mol. The number of benzene rings is 1. The third kappa shape index (κ3) is 3.44. The Morgan fingerprint density at radius 3 is 2.73 bits per heavy atom. The molecule has 3 nitrogen and oxygen atoms in total. The minimum Gasteiger partial charge on any atom is -0.508 e. The van der Waals surface area contributed by atoms with Crippen molar-refractivity contribution in [2.24, 2.45) is 0 Å². The van der Waals surface area contributed by atoms with Gasteiger partial charge < -0.3 is 10.0 Å². The van der Waals surface area contributed by atoms with Crippen LogP contribution in [0, 0.1) is 0 Å². The van der Waals surface area contributed by atoms with Crippen molar-refractivity contribution in [3.63, 3.8) is 0 Å². The summed E-state index contributed by atoms with van der Waals surface area (Å²) in [6.45, 7) is 0.405. The summed E-state index contributed by atoms with van der Waals surface area (Å²) in [7, 11) is 1.70. The Morgan fingerprint density at radius 1 is 1.47 bits per heavy atom. The Kier molecular flexibility index (Phi) is 4.43. The topological polar surface area (TPSA) is 40.5 Å². The number of carbonyl (C=O) groups excluding carboxylic acids is 1. The predicted octanol–water partition coefficient (Wildman–Crippen LogP) is 1.98. The van der Waals surface area contributed by atoms with E-state index in [2.05, 4.69) is 0 Å². The summed E-state index contributed by atoms with van der Waals surface area (Å²) in [6.07, 6.45) is 0.325. The minimum absolute atomic E-state index is 0.0201. The number of phenols is 1. The van der Waals surface area contributed by atoms with Gasteiger partial charge in [0, 0.05) is 31.5 Å². The fourth-order valence-electron chi connectivity index (χ4n) is 1.26. The Hall–Kier alpha value is -1.22. The van der Waals surface area contributed by atoms with E-state index in [0.717, 1.165) is 5.56 Å². The first kappa shape index (κ1) is 11.9. The number of phenolic OH excluding ortho intramolecular Hbond substituents is 1. The number of nitrogens with zero attached hydrogens (tertiary/aromatic N) is 1. The number of para-hydroxylation sites is 1. The molecule has 0 saturated heterocycles. The van der Waals surface area contributed by atoms with Crippen molar-refractivity contribution in [2.45, 2.75) is 13.0 Å². The first-order valence-electron chi connectivity index (χ1n) is 4.72. The maximum Gasteiger partial charge on any atom is 0.223 e. The van der Waals surface area contributed by atoms with Crippen molar-refractivity contribution in [1.82, 2.24) is 4.90 Å². The normalized spacial score (nSPS) is 10.0. The summed E-state index contributed by atoms with van der Waals surface area (Å²) in [6, 6.07) is 6.98. The van der Waals surface area contributed by atoms with Gasteiger partial charge in [-0.3, -0.25) is 4.79 Å². The van der Waals surface area contributed by atoms with Crippen LogP contribution in [0.25, 0.3) is 0 Å². The van der Waals surface area contributed by atoms with E-state index in [-0.39, 0.29) is 11.7 Å². The second kappa shape index (κ2) is 5.61. The molecule has 0 fully saturated rings. The van der Waals surface area contributed by atoms with E-state index in [4.69, 9.17) is 11.6 Å². The summed E-state index contributed by atoms with van der Waals surface area (Å²) in [5, 5.41) is 9.51. The van der Waals surface area contributed by atoms with Gasteiger partial charge in [-0.1, -0.05) is 18.2 Å². The van der Waals surface area contributed by atoms with Crippen LogP contribution in [0.15, 0.2) is 24.3 Å². The molecule has 1 rings (SSSR count). The molecule has 0 aliphatic heterocycles. The van der Waals surface area contributed by atoms with Gasteiger partial charge in [-0.2, -0.15) is 0 Å². The lowest BCUT2D eigenvalue weighted by Crippen LogP contribution is -2.26. The zero-order chi connectivity index (χ0) is 11.3. The van der Waals surface area contributed by atoms with Gasteiger partial charge in [0.25, 0.3) is 0 Å². The third-order valence-electron chi connectivity index (χ3n) is 2.13. The maximum atomic E-state index is 11.4. The first-order chi connectivity index (χ1) is 7.15. The number of hydrogen-bond acceptors (Lipinski definition) is 2. The van der Waals surface area contributed by atoms with Crippen molar-refractivity contribution >= 4 is 17.5 Å². The highest BCUT2D eigenvalue weighted by Crippen LogP contribution is 2.17. The molecular formula is C11H14ClNO2. The van der Waals surface area contributed by atoms with Crippen LogP contribution in [-0.4, -0.2) is 28.8 Å². The SMILES string of the molecule is CN(Cc1ccccc1O)C(=O)CCCl. The second-order valence-electron chi connectivity index (χ2n) is 3.32. The van der Waals surface area contributed by atoms with Crippen LogP contribution < -0.4 is 0 Å². The molecule has 0 saturated carbocycles. The smallest absolute Gasteiger partial charge is 0.223 e. The van der Waals surface area contributed by atoms with Gasteiger partial charge >= 0.3 is 0 Å². The molecule has 0 aliphatic rings. The molecular weight excluding hydrogens is 214 g/mol. The predicted molar refractivity (Wildman–Crippen MR) is 59.9 cm³/mol. The van der Waals surface area contributed by atoms with Crippen LogP contribution in [0.4, 0.5) is 0 Å². The third-order valence-corrected chi connectivity index (χ3v) is 2.32. The van der Waals surface area contributed by atoms with Gasteiger partial charge in [0.2, 0.25) is 5.91 Å².